The van der Waals surface area contributed by atoms with Crippen LogP contribution in [0.1, 0.15) is 30.1 Å². The van der Waals surface area contributed by atoms with Crippen molar-refractivity contribution in [2.45, 2.75) is 19.8 Å². The van der Waals surface area contributed by atoms with Gasteiger partial charge in [-0.1, -0.05) is 11.6 Å². The van der Waals surface area contributed by atoms with Crippen LogP contribution in [-0.2, 0) is 4.79 Å². The molecule has 1 aromatic rings. The van der Waals surface area contributed by atoms with Gasteiger partial charge in [-0.3, -0.25) is 9.59 Å². The van der Waals surface area contributed by atoms with E-state index in [9.17, 15) is 9.59 Å². The predicted octanol–water partition coefficient (Wildman–Crippen LogP) is 2.14. The van der Waals surface area contributed by atoms with Gasteiger partial charge in [0, 0.05) is 36.5 Å². The van der Waals surface area contributed by atoms with Gasteiger partial charge in [-0.25, -0.2) is 0 Å². The second kappa shape index (κ2) is 7.92. The Kier molecular flexibility index (Phi) is 6.53. The summed E-state index contributed by atoms with van der Waals surface area (Å²) in [5.41, 5.74) is 0.558. The van der Waals surface area contributed by atoms with E-state index in [1.54, 1.807) is 24.3 Å². The molecule has 1 amide bonds. The van der Waals surface area contributed by atoms with Gasteiger partial charge in [0.25, 0.3) is 0 Å². The fourth-order valence-corrected chi connectivity index (χ4v) is 1.86. The van der Waals surface area contributed by atoms with Crippen LogP contribution >= 0.6 is 11.6 Å². The normalized spacial score (nSPS) is 10.3. The average molecular weight is 284 g/mol. The highest BCUT2D eigenvalue weighted by atomic mass is 35.5. The van der Waals surface area contributed by atoms with Crippen molar-refractivity contribution in [1.29, 1.82) is 0 Å². The van der Waals surface area contributed by atoms with Crippen molar-refractivity contribution in [2.24, 2.45) is 0 Å². The quantitative estimate of drug-likeness (QED) is 0.780. The lowest BCUT2D eigenvalue weighted by molar-refractivity contribution is -0.131. The van der Waals surface area contributed by atoms with Gasteiger partial charge in [-0.05, 0) is 31.2 Å². The van der Waals surface area contributed by atoms with Crippen LogP contribution in [0, 0.1) is 0 Å². The van der Waals surface area contributed by atoms with Crippen molar-refractivity contribution in [1.82, 2.24) is 4.90 Å². The maximum Gasteiger partial charge on any atom is 0.223 e. The highest BCUT2D eigenvalue weighted by Gasteiger charge is 2.13. The Bertz CT molecular complexity index is 431. The zero-order valence-corrected chi connectivity index (χ0v) is 11.7. The third-order valence-electron chi connectivity index (χ3n) is 2.84. The molecule has 0 spiro atoms. The fraction of sp³-hybridized carbons (Fsp3) is 0.429. The summed E-state index contributed by atoms with van der Waals surface area (Å²) in [4.78, 5) is 25.2. The van der Waals surface area contributed by atoms with Crippen molar-refractivity contribution in [3.05, 3.63) is 34.9 Å². The Labute approximate surface area is 118 Å². The molecule has 0 atom stereocenters. The Hall–Kier alpha value is -1.39. The number of likely N-dealkylation sites (N-methyl/N-ethyl adjacent to an activating group) is 1. The molecule has 0 heterocycles. The van der Waals surface area contributed by atoms with E-state index >= 15 is 0 Å². The molecule has 0 fully saturated rings. The van der Waals surface area contributed by atoms with Crippen LogP contribution < -0.4 is 0 Å². The van der Waals surface area contributed by atoms with Crippen molar-refractivity contribution >= 4 is 23.3 Å². The van der Waals surface area contributed by atoms with E-state index in [0.29, 0.717) is 23.7 Å². The third-order valence-corrected chi connectivity index (χ3v) is 3.09. The van der Waals surface area contributed by atoms with E-state index in [4.69, 9.17) is 16.7 Å². The van der Waals surface area contributed by atoms with Crippen LogP contribution in [0.2, 0.25) is 5.02 Å². The maximum absolute atomic E-state index is 11.9. The first kappa shape index (κ1) is 15.7. The number of hydrogen-bond acceptors (Lipinski definition) is 3. The number of Topliss-reactive ketones (excluding diaryl/α,β-unsaturated/α-hetero) is 1. The number of ketones is 1. The molecule has 104 valence electrons. The van der Waals surface area contributed by atoms with Crippen molar-refractivity contribution in [3.63, 3.8) is 0 Å². The minimum Gasteiger partial charge on any atom is -0.395 e. The molecular weight excluding hydrogens is 266 g/mol. The van der Waals surface area contributed by atoms with Gasteiger partial charge in [0.2, 0.25) is 5.91 Å². The van der Waals surface area contributed by atoms with Crippen LogP contribution in [0.4, 0.5) is 0 Å². The van der Waals surface area contributed by atoms with Crippen LogP contribution in [0.25, 0.3) is 0 Å². The average Bonchev–Trinajstić information content (AvgIpc) is 2.42. The predicted molar refractivity (Wildman–Crippen MR) is 74.4 cm³/mol. The number of amides is 1. The zero-order valence-electron chi connectivity index (χ0n) is 10.9. The standard InChI is InChI=1S/C14H18ClNO3/c1-2-16(9-10-17)14(19)8-7-13(18)11-3-5-12(15)6-4-11/h3-6,17H,2,7-10H2,1H3. The minimum atomic E-state index is -0.112. The lowest BCUT2D eigenvalue weighted by Gasteiger charge is -2.19. The molecule has 0 aromatic heterocycles. The van der Waals surface area contributed by atoms with E-state index < -0.39 is 0 Å². The maximum atomic E-state index is 11.9. The molecule has 0 unspecified atom stereocenters. The summed E-state index contributed by atoms with van der Waals surface area (Å²) in [5.74, 6) is -0.191. The zero-order chi connectivity index (χ0) is 14.3. The molecule has 0 aliphatic rings. The molecule has 19 heavy (non-hydrogen) atoms. The van der Waals surface area contributed by atoms with E-state index in [2.05, 4.69) is 0 Å². The van der Waals surface area contributed by atoms with Crippen LogP contribution in [0.15, 0.2) is 24.3 Å². The van der Waals surface area contributed by atoms with E-state index in [-0.39, 0.29) is 31.1 Å². The fourth-order valence-electron chi connectivity index (χ4n) is 1.74. The van der Waals surface area contributed by atoms with Gasteiger partial charge in [-0.2, -0.15) is 0 Å². The number of rotatable bonds is 7. The molecular formula is C14H18ClNO3. The van der Waals surface area contributed by atoms with E-state index in [0.717, 1.165) is 0 Å². The highest BCUT2D eigenvalue weighted by molar-refractivity contribution is 6.30. The molecule has 0 aliphatic carbocycles. The number of aliphatic hydroxyl groups is 1. The van der Waals surface area contributed by atoms with Gasteiger partial charge in [0.15, 0.2) is 5.78 Å². The van der Waals surface area contributed by atoms with Gasteiger partial charge in [0.1, 0.15) is 0 Å². The molecule has 5 heteroatoms. The van der Waals surface area contributed by atoms with E-state index in [1.165, 1.54) is 4.90 Å². The Balaban J connectivity index is 2.49. The van der Waals surface area contributed by atoms with Crippen LogP contribution in [0.5, 0.6) is 0 Å². The summed E-state index contributed by atoms with van der Waals surface area (Å²) >= 11 is 5.74. The van der Waals surface area contributed by atoms with Crippen LogP contribution in [-0.4, -0.2) is 41.4 Å². The molecule has 1 aromatic carbocycles. The minimum absolute atomic E-state index is 0.0648. The summed E-state index contributed by atoms with van der Waals surface area (Å²) in [7, 11) is 0. The SMILES string of the molecule is CCN(CCO)C(=O)CCC(=O)c1ccc(Cl)cc1. The molecule has 0 radical (unpaired) electrons. The summed E-state index contributed by atoms with van der Waals surface area (Å²) < 4.78 is 0. The Morgan fingerprint density at radius 2 is 1.84 bits per heavy atom. The number of aliphatic hydroxyl groups excluding tert-OH is 1. The lowest BCUT2D eigenvalue weighted by atomic mass is 10.1. The second-order valence-electron chi connectivity index (χ2n) is 4.13. The summed E-state index contributed by atoms with van der Waals surface area (Å²) in [6, 6.07) is 6.61. The smallest absolute Gasteiger partial charge is 0.223 e. The van der Waals surface area contributed by atoms with E-state index in [1.807, 2.05) is 6.92 Å². The first-order chi connectivity index (χ1) is 9.08. The van der Waals surface area contributed by atoms with Gasteiger partial charge >= 0.3 is 0 Å². The summed E-state index contributed by atoms with van der Waals surface area (Å²) in [6.45, 7) is 2.62. The summed E-state index contributed by atoms with van der Waals surface area (Å²) in [6.07, 6.45) is 0.331. The monoisotopic (exact) mass is 283 g/mol. The number of nitrogens with zero attached hydrogens (tertiary/aromatic N) is 1. The number of carbonyl (C=O) groups excluding carboxylic acids is 2. The molecule has 0 aliphatic heterocycles. The highest BCUT2D eigenvalue weighted by Crippen LogP contribution is 2.12. The molecule has 4 nitrogen and oxygen atoms in total. The Morgan fingerprint density at radius 1 is 1.21 bits per heavy atom. The van der Waals surface area contributed by atoms with Crippen molar-refractivity contribution in [3.8, 4) is 0 Å². The summed E-state index contributed by atoms with van der Waals surface area (Å²) in [5, 5.41) is 9.40. The molecule has 0 saturated carbocycles. The second-order valence-corrected chi connectivity index (χ2v) is 4.56. The molecule has 1 rings (SSSR count). The molecule has 0 bridgehead atoms. The number of halogens is 1. The van der Waals surface area contributed by atoms with Crippen LogP contribution in [0.3, 0.4) is 0 Å². The number of hydrogen-bond donors (Lipinski definition) is 1. The number of benzene rings is 1. The van der Waals surface area contributed by atoms with Gasteiger partial charge < -0.3 is 10.0 Å². The van der Waals surface area contributed by atoms with Crippen molar-refractivity contribution in [2.75, 3.05) is 19.7 Å². The number of carbonyl (C=O) groups is 2. The third kappa shape index (κ3) is 5.01. The topological polar surface area (TPSA) is 57.6 Å². The molecule has 0 saturated heterocycles. The van der Waals surface area contributed by atoms with Crippen molar-refractivity contribution < 1.29 is 14.7 Å². The first-order valence-electron chi connectivity index (χ1n) is 6.26. The van der Waals surface area contributed by atoms with Gasteiger partial charge in [0.05, 0.1) is 6.61 Å². The lowest BCUT2D eigenvalue weighted by Crippen LogP contribution is -2.33. The van der Waals surface area contributed by atoms with Gasteiger partial charge in [-0.15, -0.1) is 0 Å². The first-order valence-corrected chi connectivity index (χ1v) is 6.63. The Morgan fingerprint density at radius 3 is 2.37 bits per heavy atom. The largest absolute Gasteiger partial charge is 0.395 e. The molecule has 1 N–H and O–H groups in total.